The zero-order valence-electron chi connectivity index (χ0n) is 21.0. The molecule has 11 nitrogen and oxygen atoms in total. The Kier molecular flexibility index (Phi) is 10.5. The first kappa shape index (κ1) is 27.4. The molecular weight excluding hydrogens is 466 g/mol. The van der Waals surface area contributed by atoms with E-state index in [0.29, 0.717) is 32.1 Å². The summed E-state index contributed by atoms with van der Waals surface area (Å²) in [6.45, 7) is 8.05. The lowest BCUT2D eigenvalue weighted by atomic mass is 10.0. The van der Waals surface area contributed by atoms with Gasteiger partial charge in [0.25, 0.3) is 5.91 Å². The van der Waals surface area contributed by atoms with Crippen molar-refractivity contribution in [3.63, 3.8) is 0 Å². The Morgan fingerprint density at radius 3 is 2.61 bits per heavy atom. The van der Waals surface area contributed by atoms with E-state index >= 15 is 0 Å². The van der Waals surface area contributed by atoms with Crippen molar-refractivity contribution < 1.29 is 28.7 Å². The lowest BCUT2D eigenvalue weighted by Gasteiger charge is -2.27. The molecule has 4 N–H and O–H groups in total. The summed E-state index contributed by atoms with van der Waals surface area (Å²) in [4.78, 5) is 53.6. The number of para-hydroxylation sites is 1. The van der Waals surface area contributed by atoms with Crippen molar-refractivity contribution in [1.29, 1.82) is 0 Å². The standard InChI is InChI=1S/C25H37N5O6/c1-17(2)22-25(34)27-10-14-36-20-6-4-3-5-18(20)23(32)28-19(7-8-21(31)29-22)24(33)26-9-11-30-12-15-35-16-13-30/h3-6,17,19,22H,7-16H2,1-2H3,(H,26,33)(H,27,34)(H,28,32)(H,29,31)/t19-,22+/m0/s1. The van der Waals surface area contributed by atoms with E-state index in [9.17, 15) is 19.2 Å². The summed E-state index contributed by atoms with van der Waals surface area (Å²) in [6, 6.07) is 5.06. The Hall–Kier alpha value is -3.18. The number of benzene rings is 1. The highest BCUT2D eigenvalue weighted by molar-refractivity contribution is 5.99. The van der Waals surface area contributed by atoms with Crippen molar-refractivity contribution in [3.8, 4) is 5.75 Å². The molecule has 0 bridgehead atoms. The van der Waals surface area contributed by atoms with Gasteiger partial charge < -0.3 is 30.7 Å². The second kappa shape index (κ2) is 13.8. The fraction of sp³-hybridized carbons (Fsp3) is 0.600. The zero-order valence-corrected chi connectivity index (χ0v) is 21.0. The van der Waals surface area contributed by atoms with Crippen LogP contribution in [0.25, 0.3) is 0 Å². The lowest BCUT2D eigenvalue weighted by Crippen LogP contribution is -2.51. The van der Waals surface area contributed by atoms with Crippen molar-refractivity contribution >= 4 is 23.6 Å². The minimum Gasteiger partial charge on any atom is -0.491 e. The minimum atomic E-state index is -0.933. The molecule has 0 spiro atoms. The molecule has 36 heavy (non-hydrogen) atoms. The van der Waals surface area contributed by atoms with Gasteiger partial charge in [-0.15, -0.1) is 0 Å². The Balaban J connectivity index is 1.73. The SMILES string of the molecule is CC(C)[C@H]1NC(=O)CC[C@@H](C(=O)NCCN2CCOCC2)NC(=O)c2ccccc2OCCNC1=O. The molecular formula is C25H37N5O6. The van der Waals surface area contributed by atoms with Crippen LogP contribution in [0.5, 0.6) is 5.75 Å². The van der Waals surface area contributed by atoms with Gasteiger partial charge in [0.1, 0.15) is 24.4 Å². The summed E-state index contributed by atoms with van der Waals surface area (Å²) in [5, 5.41) is 11.2. The number of amides is 4. The summed E-state index contributed by atoms with van der Waals surface area (Å²) in [5.74, 6) is -1.30. The van der Waals surface area contributed by atoms with E-state index in [2.05, 4.69) is 26.2 Å². The summed E-state index contributed by atoms with van der Waals surface area (Å²) >= 11 is 0. The maximum absolute atomic E-state index is 13.1. The first-order valence-electron chi connectivity index (χ1n) is 12.5. The second-order valence-corrected chi connectivity index (χ2v) is 9.23. The average Bonchev–Trinajstić information content (AvgIpc) is 2.87. The van der Waals surface area contributed by atoms with Crippen LogP contribution in [0.3, 0.4) is 0 Å². The maximum atomic E-state index is 13.1. The first-order chi connectivity index (χ1) is 17.3. The monoisotopic (exact) mass is 503 g/mol. The van der Waals surface area contributed by atoms with Gasteiger partial charge in [-0.1, -0.05) is 26.0 Å². The van der Waals surface area contributed by atoms with E-state index in [1.54, 1.807) is 24.3 Å². The predicted molar refractivity (Wildman–Crippen MR) is 132 cm³/mol. The van der Waals surface area contributed by atoms with Crippen LogP contribution in [0.1, 0.15) is 37.0 Å². The largest absolute Gasteiger partial charge is 0.491 e. The van der Waals surface area contributed by atoms with Gasteiger partial charge in [0, 0.05) is 32.6 Å². The van der Waals surface area contributed by atoms with E-state index in [-0.39, 0.29) is 55.2 Å². The van der Waals surface area contributed by atoms with Crippen molar-refractivity contribution in [3.05, 3.63) is 29.8 Å². The number of fused-ring (bicyclic) bond motifs is 1. The molecule has 1 aromatic rings. The Bertz CT molecular complexity index is 918. The molecule has 3 rings (SSSR count). The summed E-state index contributed by atoms with van der Waals surface area (Å²) in [7, 11) is 0. The third-order valence-corrected chi connectivity index (χ3v) is 6.17. The normalized spacial score (nSPS) is 22.7. The smallest absolute Gasteiger partial charge is 0.255 e. The maximum Gasteiger partial charge on any atom is 0.255 e. The number of nitrogens with one attached hydrogen (secondary N) is 4. The number of morpholine rings is 1. The van der Waals surface area contributed by atoms with Crippen LogP contribution in [-0.4, -0.2) is 93.2 Å². The summed E-state index contributed by atoms with van der Waals surface area (Å²) in [6.07, 6.45) is 0.0485. The molecule has 198 valence electrons. The van der Waals surface area contributed by atoms with Gasteiger partial charge in [0.05, 0.1) is 25.3 Å². The number of nitrogens with zero attached hydrogens (tertiary/aromatic N) is 1. The van der Waals surface area contributed by atoms with Gasteiger partial charge in [0.2, 0.25) is 17.7 Å². The number of hydrogen-bond acceptors (Lipinski definition) is 7. The highest BCUT2D eigenvalue weighted by Gasteiger charge is 2.27. The van der Waals surface area contributed by atoms with Crippen LogP contribution in [-0.2, 0) is 19.1 Å². The van der Waals surface area contributed by atoms with Gasteiger partial charge in [-0.3, -0.25) is 24.1 Å². The number of carbonyl (C=O) groups excluding carboxylic acids is 4. The summed E-state index contributed by atoms with van der Waals surface area (Å²) in [5.41, 5.74) is 0.273. The third kappa shape index (κ3) is 8.20. The Morgan fingerprint density at radius 1 is 1.11 bits per heavy atom. The Labute approximate surface area is 211 Å². The van der Waals surface area contributed by atoms with E-state index < -0.39 is 18.0 Å². The lowest BCUT2D eigenvalue weighted by molar-refractivity contribution is -0.130. The van der Waals surface area contributed by atoms with Crippen LogP contribution in [0.4, 0.5) is 0 Å². The van der Waals surface area contributed by atoms with E-state index in [4.69, 9.17) is 9.47 Å². The minimum absolute atomic E-state index is 0.0313. The molecule has 2 atom stereocenters. The second-order valence-electron chi connectivity index (χ2n) is 9.23. The van der Waals surface area contributed by atoms with Gasteiger partial charge in [-0.05, 0) is 24.5 Å². The highest BCUT2D eigenvalue weighted by atomic mass is 16.5. The molecule has 0 aliphatic carbocycles. The molecule has 1 saturated heterocycles. The number of rotatable bonds is 5. The van der Waals surface area contributed by atoms with Crippen LogP contribution >= 0.6 is 0 Å². The molecule has 0 radical (unpaired) electrons. The topological polar surface area (TPSA) is 138 Å². The average molecular weight is 504 g/mol. The van der Waals surface area contributed by atoms with Gasteiger partial charge in [0.15, 0.2) is 0 Å². The molecule has 1 fully saturated rings. The predicted octanol–water partition coefficient (Wildman–Crippen LogP) is -0.337. The number of carbonyl (C=O) groups is 4. The van der Waals surface area contributed by atoms with E-state index in [1.165, 1.54) is 0 Å². The van der Waals surface area contributed by atoms with Crippen LogP contribution in [0, 0.1) is 5.92 Å². The molecule has 0 saturated carbocycles. The first-order valence-corrected chi connectivity index (χ1v) is 12.5. The van der Waals surface area contributed by atoms with E-state index in [1.807, 2.05) is 13.8 Å². The molecule has 2 aliphatic heterocycles. The molecule has 2 aliphatic rings. The molecule has 0 unspecified atom stereocenters. The summed E-state index contributed by atoms with van der Waals surface area (Å²) < 4.78 is 11.1. The van der Waals surface area contributed by atoms with Crippen molar-refractivity contribution in [1.82, 2.24) is 26.2 Å². The molecule has 2 heterocycles. The van der Waals surface area contributed by atoms with Crippen molar-refractivity contribution in [2.45, 2.75) is 38.8 Å². The highest BCUT2D eigenvalue weighted by Crippen LogP contribution is 2.18. The van der Waals surface area contributed by atoms with Crippen molar-refractivity contribution in [2.75, 3.05) is 52.5 Å². The number of ether oxygens (including phenoxy) is 2. The van der Waals surface area contributed by atoms with Gasteiger partial charge in [-0.25, -0.2) is 0 Å². The van der Waals surface area contributed by atoms with E-state index in [0.717, 1.165) is 13.1 Å². The molecule has 4 amide bonds. The van der Waals surface area contributed by atoms with Crippen LogP contribution in [0.15, 0.2) is 24.3 Å². The quantitative estimate of drug-likeness (QED) is 0.431. The third-order valence-electron chi connectivity index (χ3n) is 6.17. The Morgan fingerprint density at radius 2 is 1.86 bits per heavy atom. The number of hydrogen-bond donors (Lipinski definition) is 4. The van der Waals surface area contributed by atoms with Gasteiger partial charge >= 0.3 is 0 Å². The molecule has 1 aromatic carbocycles. The zero-order chi connectivity index (χ0) is 25.9. The fourth-order valence-electron chi connectivity index (χ4n) is 4.07. The fourth-order valence-corrected chi connectivity index (χ4v) is 4.07. The van der Waals surface area contributed by atoms with Gasteiger partial charge in [-0.2, -0.15) is 0 Å². The van der Waals surface area contributed by atoms with Crippen LogP contribution < -0.4 is 26.0 Å². The molecule has 0 aromatic heterocycles. The van der Waals surface area contributed by atoms with Crippen LogP contribution in [0.2, 0.25) is 0 Å². The van der Waals surface area contributed by atoms with Crippen molar-refractivity contribution in [2.24, 2.45) is 5.92 Å². The molecule has 11 heteroatoms.